The van der Waals surface area contributed by atoms with E-state index in [0.717, 1.165) is 19.5 Å². The third-order valence-corrected chi connectivity index (χ3v) is 3.76. The van der Waals surface area contributed by atoms with E-state index in [9.17, 15) is 0 Å². The highest BCUT2D eigenvalue weighted by molar-refractivity contribution is 5.21. The summed E-state index contributed by atoms with van der Waals surface area (Å²) in [6, 6.07) is 8.87. The van der Waals surface area contributed by atoms with E-state index in [4.69, 9.17) is 0 Å². The average Bonchev–Trinajstić information content (AvgIpc) is 2.42. The van der Waals surface area contributed by atoms with Crippen LogP contribution in [0.2, 0.25) is 0 Å². The lowest BCUT2D eigenvalue weighted by Gasteiger charge is -2.26. The summed E-state index contributed by atoms with van der Waals surface area (Å²) in [7, 11) is 0. The summed E-state index contributed by atoms with van der Waals surface area (Å²) in [5, 5.41) is 3.55. The number of benzene rings is 1. The number of nitrogens with one attached hydrogen (secondary N) is 1. The second kappa shape index (κ2) is 7.55. The molecule has 0 radical (unpaired) electrons. The van der Waals surface area contributed by atoms with Gasteiger partial charge in [0.1, 0.15) is 0 Å². The Balaban J connectivity index is 1.54. The highest BCUT2D eigenvalue weighted by atomic mass is 15.1. The molecule has 1 N–H and O–H groups in total. The molecule has 0 aliphatic carbocycles. The molecule has 1 aromatic carbocycles. The minimum atomic E-state index is 1.09. The summed E-state index contributed by atoms with van der Waals surface area (Å²) >= 11 is 0. The molecule has 1 aliphatic heterocycles. The van der Waals surface area contributed by atoms with Gasteiger partial charge < -0.3 is 10.2 Å². The maximum Gasteiger partial charge on any atom is 0.0107 e. The van der Waals surface area contributed by atoms with Gasteiger partial charge in [0, 0.05) is 13.1 Å². The molecule has 1 aliphatic rings. The maximum absolute atomic E-state index is 3.55. The third-order valence-electron chi connectivity index (χ3n) is 3.76. The van der Waals surface area contributed by atoms with Gasteiger partial charge in [-0.2, -0.15) is 0 Å². The molecule has 0 amide bonds. The SMILES string of the molecule is Cc1ccc(CCNCCN2CCCCC2)cc1. The molecule has 1 heterocycles. The van der Waals surface area contributed by atoms with E-state index in [1.54, 1.807) is 0 Å². The van der Waals surface area contributed by atoms with Crippen LogP contribution in [0, 0.1) is 6.92 Å². The minimum absolute atomic E-state index is 1.09. The highest BCUT2D eigenvalue weighted by Gasteiger charge is 2.08. The first-order valence-corrected chi connectivity index (χ1v) is 7.33. The van der Waals surface area contributed by atoms with E-state index in [-0.39, 0.29) is 0 Å². The van der Waals surface area contributed by atoms with E-state index >= 15 is 0 Å². The number of likely N-dealkylation sites (tertiary alicyclic amines) is 1. The molecular formula is C16H26N2. The maximum atomic E-state index is 3.55. The smallest absolute Gasteiger partial charge is 0.0107 e. The van der Waals surface area contributed by atoms with E-state index in [2.05, 4.69) is 41.4 Å². The van der Waals surface area contributed by atoms with Gasteiger partial charge in [-0.15, -0.1) is 0 Å². The summed E-state index contributed by atoms with van der Waals surface area (Å²) in [5.41, 5.74) is 2.78. The van der Waals surface area contributed by atoms with Crippen LogP contribution in [0.4, 0.5) is 0 Å². The summed E-state index contributed by atoms with van der Waals surface area (Å²) in [6.07, 6.45) is 5.35. The summed E-state index contributed by atoms with van der Waals surface area (Å²) in [6.45, 7) is 8.19. The first kappa shape index (κ1) is 13.6. The summed E-state index contributed by atoms with van der Waals surface area (Å²) in [5.74, 6) is 0. The molecule has 18 heavy (non-hydrogen) atoms. The number of aryl methyl sites for hydroxylation is 1. The Morgan fingerprint density at radius 1 is 1.00 bits per heavy atom. The van der Waals surface area contributed by atoms with Crippen molar-refractivity contribution in [1.82, 2.24) is 10.2 Å². The molecular weight excluding hydrogens is 220 g/mol. The normalized spacial score (nSPS) is 16.9. The lowest BCUT2D eigenvalue weighted by atomic mass is 10.1. The first-order valence-electron chi connectivity index (χ1n) is 7.33. The Morgan fingerprint density at radius 3 is 2.44 bits per heavy atom. The Labute approximate surface area is 111 Å². The molecule has 0 saturated carbocycles. The monoisotopic (exact) mass is 246 g/mol. The number of hydrogen-bond acceptors (Lipinski definition) is 2. The molecule has 2 rings (SSSR count). The van der Waals surface area contributed by atoms with Gasteiger partial charge in [-0.3, -0.25) is 0 Å². The van der Waals surface area contributed by atoms with Crippen molar-refractivity contribution in [2.75, 3.05) is 32.7 Å². The molecule has 0 atom stereocenters. The topological polar surface area (TPSA) is 15.3 Å². The van der Waals surface area contributed by atoms with Crippen LogP contribution < -0.4 is 5.32 Å². The van der Waals surface area contributed by atoms with Crippen molar-refractivity contribution in [1.29, 1.82) is 0 Å². The van der Waals surface area contributed by atoms with Gasteiger partial charge in [0.05, 0.1) is 0 Å². The van der Waals surface area contributed by atoms with Crippen molar-refractivity contribution in [2.45, 2.75) is 32.6 Å². The molecule has 0 bridgehead atoms. The van der Waals surface area contributed by atoms with Gasteiger partial charge in [0.2, 0.25) is 0 Å². The van der Waals surface area contributed by atoms with Crippen molar-refractivity contribution in [3.63, 3.8) is 0 Å². The second-order valence-corrected chi connectivity index (χ2v) is 5.39. The molecule has 0 aromatic heterocycles. The van der Waals surface area contributed by atoms with Crippen molar-refractivity contribution in [3.8, 4) is 0 Å². The van der Waals surface area contributed by atoms with Crippen LogP contribution in [-0.4, -0.2) is 37.6 Å². The van der Waals surface area contributed by atoms with Crippen LogP contribution in [0.1, 0.15) is 30.4 Å². The number of piperidine rings is 1. The minimum Gasteiger partial charge on any atom is -0.315 e. The zero-order valence-electron chi connectivity index (χ0n) is 11.6. The Hall–Kier alpha value is -0.860. The second-order valence-electron chi connectivity index (χ2n) is 5.39. The quantitative estimate of drug-likeness (QED) is 0.776. The van der Waals surface area contributed by atoms with Crippen LogP contribution in [0.5, 0.6) is 0 Å². The molecule has 1 saturated heterocycles. The number of rotatable bonds is 6. The zero-order valence-corrected chi connectivity index (χ0v) is 11.6. The van der Waals surface area contributed by atoms with Crippen LogP contribution in [0.25, 0.3) is 0 Å². The molecule has 2 heteroatoms. The molecule has 0 spiro atoms. The predicted molar refractivity (Wildman–Crippen MR) is 78.0 cm³/mol. The van der Waals surface area contributed by atoms with Gasteiger partial charge in [-0.1, -0.05) is 36.2 Å². The predicted octanol–water partition coefficient (Wildman–Crippen LogP) is 2.61. The van der Waals surface area contributed by atoms with Crippen molar-refractivity contribution >= 4 is 0 Å². The number of nitrogens with zero attached hydrogens (tertiary/aromatic N) is 1. The zero-order chi connectivity index (χ0) is 12.6. The molecule has 100 valence electrons. The lowest BCUT2D eigenvalue weighted by molar-refractivity contribution is 0.229. The Kier molecular flexibility index (Phi) is 5.69. The average molecular weight is 246 g/mol. The van der Waals surface area contributed by atoms with E-state index in [1.165, 1.54) is 50.0 Å². The fourth-order valence-electron chi connectivity index (χ4n) is 2.53. The Bertz CT molecular complexity index is 325. The van der Waals surface area contributed by atoms with Gasteiger partial charge in [0.25, 0.3) is 0 Å². The third kappa shape index (κ3) is 4.79. The fraction of sp³-hybridized carbons (Fsp3) is 0.625. The Morgan fingerprint density at radius 2 is 1.72 bits per heavy atom. The van der Waals surface area contributed by atoms with Gasteiger partial charge in [-0.25, -0.2) is 0 Å². The fourth-order valence-corrected chi connectivity index (χ4v) is 2.53. The molecule has 1 fully saturated rings. The number of hydrogen-bond donors (Lipinski definition) is 1. The van der Waals surface area contributed by atoms with Crippen LogP contribution in [0.3, 0.4) is 0 Å². The van der Waals surface area contributed by atoms with Crippen molar-refractivity contribution < 1.29 is 0 Å². The van der Waals surface area contributed by atoms with E-state index in [0.29, 0.717) is 0 Å². The summed E-state index contributed by atoms with van der Waals surface area (Å²) in [4.78, 5) is 2.59. The summed E-state index contributed by atoms with van der Waals surface area (Å²) < 4.78 is 0. The molecule has 1 aromatic rings. The first-order chi connectivity index (χ1) is 8.84. The van der Waals surface area contributed by atoms with Gasteiger partial charge in [0.15, 0.2) is 0 Å². The molecule has 0 unspecified atom stereocenters. The highest BCUT2D eigenvalue weighted by Crippen LogP contribution is 2.07. The molecule has 2 nitrogen and oxygen atoms in total. The van der Waals surface area contributed by atoms with Crippen LogP contribution >= 0.6 is 0 Å². The van der Waals surface area contributed by atoms with Crippen LogP contribution in [-0.2, 0) is 6.42 Å². The van der Waals surface area contributed by atoms with Crippen LogP contribution in [0.15, 0.2) is 24.3 Å². The van der Waals surface area contributed by atoms with Gasteiger partial charge >= 0.3 is 0 Å². The van der Waals surface area contributed by atoms with Gasteiger partial charge in [-0.05, 0) is 51.4 Å². The van der Waals surface area contributed by atoms with Crippen molar-refractivity contribution in [3.05, 3.63) is 35.4 Å². The van der Waals surface area contributed by atoms with Crippen molar-refractivity contribution in [2.24, 2.45) is 0 Å². The van der Waals surface area contributed by atoms with E-state index in [1.807, 2.05) is 0 Å². The van der Waals surface area contributed by atoms with E-state index < -0.39 is 0 Å². The lowest BCUT2D eigenvalue weighted by Crippen LogP contribution is -2.36. The largest absolute Gasteiger partial charge is 0.315 e. The standard InChI is InChI=1S/C16H26N2/c1-15-5-7-16(8-6-15)9-10-17-11-14-18-12-3-2-4-13-18/h5-8,17H,2-4,9-14H2,1H3.